The number of rotatable bonds is 5. The number of ether oxygens (including phenoxy) is 6. The summed E-state index contributed by atoms with van der Waals surface area (Å²) in [5, 5.41) is 53.2. The third-order valence-corrected chi connectivity index (χ3v) is 18.2. The molecule has 30 nitrogen and oxygen atoms in total. The smallest absolute Gasteiger partial charge is 0.459 e. The molecular formula is C57H78N12O18P2. The highest BCUT2D eigenvalue weighted by Crippen LogP contribution is 2.49. The Labute approximate surface area is 513 Å². The molecule has 0 amide bonds. The maximum absolute atomic E-state index is 14.0. The minimum Gasteiger partial charge on any atom is -0.476 e. The Balaban J connectivity index is 0.000000211. The molecule has 2 saturated heterocycles. The number of para-hydroxylation sites is 2. The van der Waals surface area contributed by atoms with Crippen LogP contribution in [0, 0.1) is 0 Å². The third kappa shape index (κ3) is 16.5. The standard InChI is InChI=1S/C29H39N6O9P.C28H39N6O9P/c1-19-26(37)41-16-12-7-5-4-6-11-15-40-25-22-24(32-28(30-3)33-25)35(18-31-22)27-29(2,38)23(36)21(43-27)17-42-45(39,34-19)44-20-13-9-8-10-14-20;1-18-25(36)40-15-11-6-4-3-5-10-14-39-24-21-23(31-27(29)32-24)34(17-30-21)26-28(2,37)22(35)20(42-26)16-41-44(38,33-18)43-19-12-8-7-9-13-19/h4,6,8-10,13-14,18-19,21,23,27,36,38H,5,7,11-12,15-17H2,1-3H3,(H,34,39)(H,30,32,33);7-9,12-13,17-18,20,22,26,35,37H,3-6,10-11,14-16H2,1-2H3,(H,33,38)(H2,29,31,32)/t19-,21?,23+,27?,29+,45?;18-,20?,22+,26?,28+,44?/m00/s1. The second-order valence-electron chi connectivity index (χ2n) is 22.0. The molecule has 12 atom stereocenters. The zero-order valence-electron chi connectivity index (χ0n) is 50.1. The maximum Gasteiger partial charge on any atom is 0.459 e. The lowest BCUT2D eigenvalue weighted by Gasteiger charge is -2.27. The zero-order chi connectivity index (χ0) is 63.3. The SMILES string of the molecule is CNc1nc2c3ncn(c3n1)C1OC(COP(=O)(Oc3ccccc3)N[C@@H](C)C(=O)OCCCCC=CCCO2)[C@@H](O)[C@@]1(C)O.C[C@@H]1NP(=O)(Oc2ccccc2)OCC2OC(n3cnc4c(nc(N)nc43)OCCCCCCCCOC1=O)[C@](C)(O)[C@@H]2O. The van der Waals surface area contributed by atoms with Crippen molar-refractivity contribution in [3.63, 3.8) is 0 Å². The average molecular weight is 1280 g/mol. The van der Waals surface area contributed by atoms with Crippen LogP contribution in [0.2, 0.25) is 0 Å². The number of benzene rings is 2. The fraction of sp³-hybridized carbons (Fsp3) is 0.544. The Hall–Kier alpha value is -6.92. The normalized spacial score (nSPS) is 30.9. The maximum atomic E-state index is 14.0. The third-order valence-electron chi connectivity index (χ3n) is 14.9. The molecule has 10 rings (SSSR count). The van der Waals surface area contributed by atoms with Crippen LogP contribution < -0.4 is 39.7 Å². The fourth-order valence-electron chi connectivity index (χ4n) is 10.1. The molecule has 6 aromatic rings. The summed E-state index contributed by atoms with van der Waals surface area (Å²) in [5.74, 6) is -0.165. The van der Waals surface area contributed by atoms with Gasteiger partial charge in [0.1, 0.15) is 59.2 Å². The zero-order valence-corrected chi connectivity index (χ0v) is 51.9. The lowest BCUT2D eigenvalue weighted by molar-refractivity contribution is -0.146. The van der Waals surface area contributed by atoms with Gasteiger partial charge >= 0.3 is 27.4 Å². The van der Waals surface area contributed by atoms with Crippen molar-refractivity contribution in [3.8, 4) is 23.3 Å². The number of nitrogens with zero attached hydrogens (tertiary/aromatic N) is 8. The number of fused-ring (bicyclic) bond motifs is 6. The number of carbonyl (C=O) groups is 2. The van der Waals surface area contributed by atoms with E-state index in [4.69, 9.17) is 52.2 Å². The summed E-state index contributed by atoms with van der Waals surface area (Å²) >= 11 is 0. The molecule has 0 radical (unpaired) electrons. The monoisotopic (exact) mass is 1280 g/mol. The van der Waals surface area contributed by atoms with Crippen LogP contribution in [0.25, 0.3) is 22.3 Å². The van der Waals surface area contributed by atoms with Crippen LogP contribution in [0.1, 0.15) is 104 Å². The Bertz CT molecular complexity index is 3450. The van der Waals surface area contributed by atoms with Crippen molar-refractivity contribution < 1.29 is 85.7 Å². The van der Waals surface area contributed by atoms with E-state index >= 15 is 0 Å². The number of nitrogen functional groups attached to an aromatic ring is 1. The Morgan fingerprint density at radius 2 is 1.04 bits per heavy atom. The number of hydrogen-bond acceptors (Lipinski definition) is 26. The number of anilines is 2. The van der Waals surface area contributed by atoms with Crippen molar-refractivity contribution in [1.82, 2.24) is 49.2 Å². The highest BCUT2D eigenvalue weighted by Gasteiger charge is 2.56. The number of aliphatic hydroxyl groups excluding tert-OH is 2. The summed E-state index contributed by atoms with van der Waals surface area (Å²) in [6, 6.07) is 14.5. The largest absolute Gasteiger partial charge is 0.476 e. The lowest BCUT2D eigenvalue weighted by Crippen LogP contribution is -2.44. The topological polar surface area (TPSA) is 391 Å². The number of nitrogens with two attached hydrogens (primary N) is 1. The molecule has 6 unspecified atom stereocenters. The minimum atomic E-state index is -4.26. The van der Waals surface area contributed by atoms with Gasteiger partial charge in [0.15, 0.2) is 34.8 Å². The highest BCUT2D eigenvalue weighted by molar-refractivity contribution is 7.52. The van der Waals surface area contributed by atoms with E-state index in [9.17, 15) is 39.1 Å². The Morgan fingerprint density at radius 3 is 1.55 bits per heavy atom. The second-order valence-corrected chi connectivity index (χ2v) is 25.4. The van der Waals surface area contributed by atoms with E-state index in [1.807, 2.05) is 12.2 Å². The molecule has 0 aliphatic carbocycles. The van der Waals surface area contributed by atoms with Gasteiger partial charge in [-0.15, -0.1) is 0 Å². The van der Waals surface area contributed by atoms with Crippen molar-refractivity contribution in [2.45, 2.75) is 152 Å². The number of carbonyl (C=O) groups excluding carboxylic acids is 2. The van der Waals surface area contributed by atoms with Crippen LogP contribution in [0.3, 0.4) is 0 Å². The van der Waals surface area contributed by atoms with E-state index in [0.717, 1.165) is 44.9 Å². The summed E-state index contributed by atoms with van der Waals surface area (Å²) in [6.45, 7) is 5.94. The van der Waals surface area contributed by atoms with E-state index in [0.29, 0.717) is 49.2 Å². The van der Waals surface area contributed by atoms with Gasteiger partial charge in [-0.1, -0.05) is 74.2 Å². The summed E-state index contributed by atoms with van der Waals surface area (Å²) in [6.07, 6.45) is 7.16. The Morgan fingerprint density at radius 1 is 0.607 bits per heavy atom. The minimum absolute atomic E-state index is 0.0613. The van der Waals surface area contributed by atoms with Crippen LogP contribution in [-0.4, -0.2) is 166 Å². The van der Waals surface area contributed by atoms with Gasteiger partial charge in [-0.05, 0) is 90.5 Å². The number of nitrogens with one attached hydrogen (secondary N) is 3. The molecule has 32 heteroatoms. The van der Waals surface area contributed by atoms with Crippen molar-refractivity contribution in [2.24, 2.45) is 0 Å². The summed E-state index contributed by atoms with van der Waals surface area (Å²) in [4.78, 5) is 51.6. The van der Waals surface area contributed by atoms with Crippen molar-refractivity contribution >= 4 is 61.7 Å². The van der Waals surface area contributed by atoms with E-state index < -0.39 is 101 Å². The first-order valence-corrected chi connectivity index (χ1v) is 32.6. The van der Waals surface area contributed by atoms with Gasteiger partial charge < -0.3 is 68.9 Å². The lowest BCUT2D eigenvalue weighted by atomic mass is 9.96. The van der Waals surface area contributed by atoms with Gasteiger partial charge in [0.05, 0.1) is 52.3 Å². The molecule has 2 aromatic carbocycles. The van der Waals surface area contributed by atoms with Crippen LogP contribution in [0.4, 0.5) is 11.9 Å². The van der Waals surface area contributed by atoms with Crippen molar-refractivity contribution in [1.29, 1.82) is 0 Å². The molecule has 0 spiro atoms. The van der Waals surface area contributed by atoms with Gasteiger partial charge in [0.25, 0.3) is 0 Å². The predicted molar refractivity (Wildman–Crippen MR) is 320 cm³/mol. The van der Waals surface area contributed by atoms with Gasteiger partial charge in [0.2, 0.25) is 23.7 Å². The van der Waals surface area contributed by atoms with Crippen LogP contribution in [0.15, 0.2) is 85.5 Å². The van der Waals surface area contributed by atoms with Gasteiger partial charge in [-0.25, -0.2) is 19.1 Å². The molecule has 12 bridgehead atoms. The molecule has 4 aliphatic heterocycles. The van der Waals surface area contributed by atoms with Gasteiger partial charge in [0, 0.05) is 7.05 Å². The van der Waals surface area contributed by atoms with Crippen molar-refractivity contribution in [3.05, 3.63) is 85.5 Å². The van der Waals surface area contributed by atoms with Gasteiger partial charge in [-0.2, -0.15) is 30.1 Å². The summed E-state index contributed by atoms with van der Waals surface area (Å²) in [5.41, 5.74) is 3.44. The Kier molecular flexibility index (Phi) is 22.3. The fourth-order valence-corrected chi connectivity index (χ4v) is 13.1. The first-order valence-electron chi connectivity index (χ1n) is 29.5. The van der Waals surface area contributed by atoms with E-state index in [2.05, 4.69) is 45.4 Å². The highest BCUT2D eigenvalue weighted by atomic mass is 31.2. The molecule has 2 fully saturated rings. The van der Waals surface area contributed by atoms with Crippen molar-refractivity contribution in [2.75, 3.05) is 57.7 Å². The van der Waals surface area contributed by atoms with Gasteiger partial charge in [-0.3, -0.25) is 27.8 Å². The molecule has 484 valence electrons. The molecule has 0 saturated carbocycles. The number of esters is 2. The number of imidazole rings is 2. The number of cyclic esters (lactones) is 2. The second kappa shape index (κ2) is 29.8. The van der Waals surface area contributed by atoms with Crippen LogP contribution in [0.5, 0.6) is 23.3 Å². The van der Waals surface area contributed by atoms with Crippen LogP contribution in [-0.2, 0) is 46.7 Å². The molecular weight excluding hydrogens is 1200 g/mol. The quantitative estimate of drug-likeness (QED) is 0.0558. The number of aromatic nitrogens is 8. The van der Waals surface area contributed by atoms with E-state index in [1.165, 1.54) is 49.5 Å². The summed E-state index contributed by atoms with van der Waals surface area (Å²) < 4.78 is 88.4. The van der Waals surface area contributed by atoms with Crippen LogP contribution >= 0.6 is 15.5 Å². The predicted octanol–water partition coefficient (Wildman–Crippen LogP) is 5.99. The first kappa shape index (κ1) is 66.5. The number of hydrogen-bond donors (Lipinski definition) is 8. The molecule has 9 N–H and O–H groups in total. The summed E-state index contributed by atoms with van der Waals surface area (Å²) in [7, 11) is -6.85. The average Bonchev–Trinajstić information content (AvgIpc) is 1.62. The first-order chi connectivity index (χ1) is 42.7. The molecule has 89 heavy (non-hydrogen) atoms. The number of allylic oxidation sites excluding steroid dienone is 1. The molecule has 4 aromatic heterocycles. The number of aliphatic hydroxyl groups is 4. The molecule has 4 aliphatic rings. The van der Waals surface area contributed by atoms with E-state index in [-0.39, 0.29) is 54.0 Å². The van der Waals surface area contributed by atoms with E-state index in [1.54, 1.807) is 67.7 Å². The molecule has 8 heterocycles.